The number of carbonyl (C=O) groups is 2. The molecule has 0 aliphatic carbocycles. The number of rotatable bonds is 6. The Bertz CT molecular complexity index is 764. The number of hydrogen-bond acceptors (Lipinski definition) is 5. The van der Waals surface area contributed by atoms with Crippen molar-refractivity contribution in [2.75, 3.05) is 19.7 Å². The molecular formula is C19H22N2O4S. The largest absolute Gasteiger partial charge is 0.494 e. The highest BCUT2D eigenvalue weighted by molar-refractivity contribution is 7.13. The number of likely N-dealkylation sites (tertiary alicyclic amines) is 1. The molecule has 1 fully saturated rings. The summed E-state index contributed by atoms with van der Waals surface area (Å²) in [5, 5.41) is 11.8. The van der Waals surface area contributed by atoms with Crippen LogP contribution < -0.4 is 4.74 Å². The third-order valence-electron chi connectivity index (χ3n) is 4.49. The summed E-state index contributed by atoms with van der Waals surface area (Å²) in [5.74, 6) is -0.258. The summed E-state index contributed by atoms with van der Waals surface area (Å²) in [5.41, 5.74) is 1.75. The lowest BCUT2D eigenvalue weighted by molar-refractivity contribution is -0.145. The second-order valence-electron chi connectivity index (χ2n) is 6.27. The maximum atomic E-state index is 12.4. The number of ether oxygens (including phenoxy) is 1. The van der Waals surface area contributed by atoms with Crippen LogP contribution in [0.5, 0.6) is 5.75 Å². The first kappa shape index (κ1) is 18.4. The minimum atomic E-state index is -0.767. The third-order valence-corrected chi connectivity index (χ3v) is 5.43. The van der Waals surface area contributed by atoms with Gasteiger partial charge in [-0.2, -0.15) is 0 Å². The van der Waals surface area contributed by atoms with Gasteiger partial charge in [-0.05, 0) is 44.0 Å². The van der Waals surface area contributed by atoms with Crippen molar-refractivity contribution in [3.05, 3.63) is 35.3 Å². The van der Waals surface area contributed by atoms with Crippen LogP contribution >= 0.6 is 11.3 Å². The minimum absolute atomic E-state index is 0.0115. The fourth-order valence-electron chi connectivity index (χ4n) is 3.02. The average Bonchev–Trinajstić information content (AvgIpc) is 3.11. The fourth-order valence-corrected chi connectivity index (χ4v) is 3.85. The highest BCUT2D eigenvalue weighted by atomic mass is 32.1. The molecule has 0 atom stereocenters. The second-order valence-corrected chi connectivity index (χ2v) is 7.13. The first-order valence-electron chi connectivity index (χ1n) is 8.75. The molecular weight excluding hydrogens is 352 g/mol. The van der Waals surface area contributed by atoms with Gasteiger partial charge in [-0.15, -0.1) is 11.3 Å². The molecule has 2 aromatic rings. The summed E-state index contributed by atoms with van der Waals surface area (Å²) >= 11 is 1.51. The third kappa shape index (κ3) is 4.40. The number of benzene rings is 1. The van der Waals surface area contributed by atoms with Crippen LogP contribution in [0.2, 0.25) is 0 Å². The summed E-state index contributed by atoms with van der Waals surface area (Å²) in [6.07, 6.45) is 1.30. The van der Waals surface area contributed by atoms with Gasteiger partial charge in [0.2, 0.25) is 5.91 Å². The maximum absolute atomic E-state index is 12.4. The summed E-state index contributed by atoms with van der Waals surface area (Å²) < 4.78 is 5.44. The molecule has 1 saturated heterocycles. The van der Waals surface area contributed by atoms with E-state index in [2.05, 4.69) is 4.98 Å². The second kappa shape index (κ2) is 8.31. The minimum Gasteiger partial charge on any atom is -0.494 e. The first-order valence-corrected chi connectivity index (χ1v) is 9.63. The summed E-state index contributed by atoms with van der Waals surface area (Å²) in [6.45, 7) is 3.59. The van der Waals surface area contributed by atoms with Crippen LogP contribution in [0.15, 0.2) is 29.6 Å². The molecule has 0 radical (unpaired) electrons. The van der Waals surface area contributed by atoms with Gasteiger partial charge in [0.1, 0.15) is 10.8 Å². The monoisotopic (exact) mass is 374 g/mol. The number of aliphatic carboxylic acids is 1. The highest BCUT2D eigenvalue weighted by Crippen LogP contribution is 2.26. The van der Waals surface area contributed by atoms with Gasteiger partial charge >= 0.3 is 5.97 Å². The van der Waals surface area contributed by atoms with Gasteiger partial charge in [0.05, 0.1) is 24.6 Å². The van der Waals surface area contributed by atoms with E-state index < -0.39 is 5.97 Å². The van der Waals surface area contributed by atoms with Gasteiger partial charge in [0.25, 0.3) is 0 Å². The van der Waals surface area contributed by atoms with E-state index in [0.29, 0.717) is 32.5 Å². The zero-order chi connectivity index (χ0) is 18.5. The van der Waals surface area contributed by atoms with Crippen LogP contribution in [0.3, 0.4) is 0 Å². The van der Waals surface area contributed by atoms with E-state index in [1.807, 2.05) is 36.6 Å². The number of thiazole rings is 1. The Hall–Kier alpha value is -2.41. The Morgan fingerprint density at radius 1 is 1.27 bits per heavy atom. The molecule has 26 heavy (non-hydrogen) atoms. The molecule has 0 bridgehead atoms. The fraction of sp³-hybridized carbons (Fsp3) is 0.421. The number of aromatic nitrogens is 1. The van der Waals surface area contributed by atoms with E-state index in [9.17, 15) is 9.59 Å². The Balaban J connectivity index is 1.58. The van der Waals surface area contributed by atoms with E-state index in [1.54, 1.807) is 4.90 Å². The van der Waals surface area contributed by atoms with E-state index in [1.165, 1.54) is 11.3 Å². The lowest BCUT2D eigenvalue weighted by Crippen LogP contribution is -2.41. The van der Waals surface area contributed by atoms with Crippen LogP contribution in [0.4, 0.5) is 0 Å². The molecule has 0 unspecified atom stereocenters. The standard InChI is InChI=1S/C19H22N2O4S/c1-2-25-16-5-3-13(4-6-16)18-20-15(12-26-18)11-17(22)21-9-7-14(8-10-21)19(23)24/h3-6,12,14H,2,7-11H2,1H3,(H,23,24). The number of carbonyl (C=O) groups excluding carboxylic acids is 1. The summed E-state index contributed by atoms with van der Waals surface area (Å²) in [4.78, 5) is 29.7. The summed E-state index contributed by atoms with van der Waals surface area (Å²) in [6, 6.07) is 7.76. The molecule has 3 rings (SSSR count). The Morgan fingerprint density at radius 2 is 1.96 bits per heavy atom. The zero-order valence-corrected chi connectivity index (χ0v) is 15.5. The normalized spacial score (nSPS) is 15.0. The molecule has 1 amide bonds. The van der Waals surface area contributed by atoms with Crippen molar-refractivity contribution in [1.82, 2.24) is 9.88 Å². The van der Waals surface area contributed by atoms with Crippen molar-refractivity contribution < 1.29 is 19.4 Å². The molecule has 0 spiro atoms. The van der Waals surface area contributed by atoms with Crippen molar-refractivity contribution in [3.63, 3.8) is 0 Å². The molecule has 2 heterocycles. The summed E-state index contributed by atoms with van der Waals surface area (Å²) in [7, 11) is 0. The van der Waals surface area contributed by atoms with E-state index in [-0.39, 0.29) is 18.2 Å². The number of nitrogens with zero attached hydrogens (tertiary/aromatic N) is 2. The van der Waals surface area contributed by atoms with Gasteiger partial charge in [-0.25, -0.2) is 4.98 Å². The lowest BCUT2D eigenvalue weighted by atomic mass is 9.97. The maximum Gasteiger partial charge on any atom is 0.306 e. The quantitative estimate of drug-likeness (QED) is 0.840. The Morgan fingerprint density at radius 3 is 2.58 bits per heavy atom. The predicted molar refractivity (Wildman–Crippen MR) is 99.4 cm³/mol. The molecule has 1 aromatic heterocycles. The molecule has 1 aliphatic heterocycles. The van der Waals surface area contributed by atoms with E-state index in [0.717, 1.165) is 22.0 Å². The molecule has 138 valence electrons. The zero-order valence-electron chi connectivity index (χ0n) is 14.7. The SMILES string of the molecule is CCOc1ccc(-c2nc(CC(=O)N3CCC(C(=O)O)CC3)cs2)cc1. The predicted octanol–water partition coefficient (Wildman–Crippen LogP) is 3.07. The van der Waals surface area contributed by atoms with Crippen molar-refractivity contribution >= 4 is 23.2 Å². The van der Waals surface area contributed by atoms with Crippen LogP contribution in [0.25, 0.3) is 10.6 Å². The molecule has 1 aromatic carbocycles. The van der Waals surface area contributed by atoms with Crippen LogP contribution in [0, 0.1) is 5.92 Å². The molecule has 1 aliphatic rings. The molecule has 1 N–H and O–H groups in total. The van der Waals surface area contributed by atoms with E-state index >= 15 is 0 Å². The molecule has 0 saturated carbocycles. The van der Waals surface area contributed by atoms with Crippen LogP contribution in [-0.2, 0) is 16.0 Å². The number of hydrogen-bond donors (Lipinski definition) is 1. The smallest absolute Gasteiger partial charge is 0.306 e. The number of carboxylic acids is 1. The van der Waals surface area contributed by atoms with Crippen LogP contribution in [0.1, 0.15) is 25.5 Å². The average molecular weight is 374 g/mol. The number of amides is 1. The van der Waals surface area contributed by atoms with Crippen molar-refractivity contribution in [2.24, 2.45) is 5.92 Å². The molecule has 7 heteroatoms. The number of carboxylic acid groups (broad SMARTS) is 1. The highest BCUT2D eigenvalue weighted by Gasteiger charge is 2.27. The van der Waals surface area contributed by atoms with Crippen LogP contribution in [-0.4, -0.2) is 46.6 Å². The van der Waals surface area contributed by atoms with Gasteiger partial charge in [0.15, 0.2) is 0 Å². The first-order chi connectivity index (χ1) is 12.6. The van der Waals surface area contributed by atoms with Gasteiger partial charge < -0.3 is 14.7 Å². The van der Waals surface area contributed by atoms with Crippen molar-refractivity contribution in [3.8, 4) is 16.3 Å². The Kier molecular flexibility index (Phi) is 5.88. The van der Waals surface area contributed by atoms with Crippen molar-refractivity contribution in [1.29, 1.82) is 0 Å². The topological polar surface area (TPSA) is 79.7 Å². The van der Waals surface area contributed by atoms with Gasteiger partial charge in [-0.3, -0.25) is 9.59 Å². The van der Waals surface area contributed by atoms with Gasteiger partial charge in [0, 0.05) is 24.0 Å². The lowest BCUT2D eigenvalue weighted by Gasteiger charge is -2.30. The molecule has 6 nitrogen and oxygen atoms in total. The Labute approximate surface area is 156 Å². The van der Waals surface area contributed by atoms with Crippen molar-refractivity contribution in [2.45, 2.75) is 26.2 Å². The van der Waals surface area contributed by atoms with Gasteiger partial charge in [-0.1, -0.05) is 0 Å². The van der Waals surface area contributed by atoms with E-state index in [4.69, 9.17) is 9.84 Å². The number of piperidine rings is 1.